The summed E-state index contributed by atoms with van der Waals surface area (Å²) in [6.45, 7) is 0. The first-order valence-electron chi connectivity index (χ1n) is 8.85. The Hall–Kier alpha value is -3.29. The van der Waals surface area contributed by atoms with E-state index >= 15 is 0 Å². The van der Waals surface area contributed by atoms with Crippen LogP contribution in [0.3, 0.4) is 0 Å². The lowest BCUT2D eigenvalue weighted by Crippen LogP contribution is -2.30. The lowest BCUT2D eigenvalue weighted by Gasteiger charge is -2.20. The molecule has 28 heavy (non-hydrogen) atoms. The molecule has 1 saturated carbocycles. The van der Waals surface area contributed by atoms with Crippen molar-refractivity contribution >= 4 is 11.6 Å². The quantitative estimate of drug-likeness (QED) is 0.550. The molecule has 0 heterocycles. The largest absolute Gasteiger partial charge is 0.493 e. The van der Waals surface area contributed by atoms with Gasteiger partial charge in [-0.1, -0.05) is 30.3 Å². The molecule has 1 aliphatic carbocycles. The van der Waals surface area contributed by atoms with Gasteiger partial charge < -0.3 is 19.5 Å². The third-order valence-corrected chi connectivity index (χ3v) is 4.77. The zero-order valence-corrected chi connectivity index (χ0v) is 15.9. The molecule has 1 unspecified atom stereocenters. The second-order valence-electron chi connectivity index (χ2n) is 6.50. The molecule has 1 N–H and O–H groups in total. The van der Waals surface area contributed by atoms with Gasteiger partial charge >= 0.3 is 5.69 Å². The van der Waals surface area contributed by atoms with Crippen molar-refractivity contribution in [1.29, 1.82) is 0 Å². The summed E-state index contributed by atoms with van der Waals surface area (Å²) in [5.41, 5.74) is 0.370. The van der Waals surface area contributed by atoms with E-state index < -0.39 is 16.5 Å². The Morgan fingerprint density at radius 2 is 1.75 bits per heavy atom. The van der Waals surface area contributed by atoms with Gasteiger partial charge in [0, 0.05) is 6.07 Å². The standard InChI is InChI=1S/C20H22N2O6/c1-26-15-11-14(17(22(24)25)19(28-3)18(15)27-2)20(23)21-16(13-9-10-13)12-7-5-4-6-8-12/h4-8,11,13,16H,9-10H2,1-3H3,(H,21,23). The fourth-order valence-electron chi connectivity index (χ4n) is 3.28. The highest BCUT2D eigenvalue weighted by atomic mass is 16.6. The fraction of sp³-hybridized carbons (Fsp3) is 0.350. The maximum atomic E-state index is 13.1. The van der Waals surface area contributed by atoms with Crippen LogP contribution in [0.5, 0.6) is 17.2 Å². The van der Waals surface area contributed by atoms with Crippen molar-refractivity contribution in [3.8, 4) is 17.2 Å². The first-order chi connectivity index (χ1) is 13.5. The van der Waals surface area contributed by atoms with Crippen LogP contribution in [0.2, 0.25) is 0 Å². The number of ether oxygens (including phenoxy) is 3. The van der Waals surface area contributed by atoms with Crippen molar-refractivity contribution in [1.82, 2.24) is 5.32 Å². The van der Waals surface area contributed by atoms with Gasteiger partial charge in [0.1, 0.15) is 5.56 Å². The molecule has 0 radical (unpaired) electrons. The molecular weight excluding hydrogens is 364 g/mol. The molecule has 0 aromatic heterocycles. The number of hydrogen-bond donors (Lipinski definition) is 1. The minimum Gasteiger partial charge on any atom is -0.493 e. The van der Waals surface area contributed by atoms with Crippen LogP contribution in [-0.2, 0) is 0 Å². The highest BCUT2D eigenvalue weighted by Crippen LogP contribution is 2.47. The Bertz CT molecular complexity index is 880. The number of nitro benzene ring substituents is 1. The highest BCUT2D eigenvalue weighted by molar-refractivity contribution is 6.01. The van der Waals surface area contributed by atoms with Crippen LogP contribution in [0.4, 0.5) is 5.69 Å². The molecule has 2 aromatic carbocycles. The molecule has 1 aliphatic rings. The fourth-order valence-corrected chi connectivity index (χ4v) is 3.28. The van der Waals surface area contributed by atoms with Gasteiger partial charge in [0.05, 0.1) is 32.3 Å². The summed E-state index contributed by atoms with van der Waals surface area (Å²) in [5.74, 6) is -0.160. The van der Waals surface area contributed by atoms with Crippen LogP contribution in [-0.4, -0.2) is 32.2 Å². The Labute approximate surface area is 162 Å². The van der Waals surface area contributed by atoms with Crippen molar-refractivity contribution < 1.29 is 23.9 Å². The maximum Gasteiger partial charge on any atom is 0.327 e. The Morgan fingerprint density at radius 3 is 2.25 bits per heavy atom. The van der Waals surface area contributed by atoms with Gasteiger partial charge in [0.15, 0.2) is 5.75 Å². The minimum atomic E-state index is -0.648. The molecule has 8 heteroatoms. The number of amides is 1. The Morgan fingerprint density at radius 1 is 1.11 bits per heavy atom. The first-order valence-corrected chi connectivity index (χ1v) is 8.85. The molecule has 1 amide bonds. The van der Waals surface area contributed by atoms with E-state index in [0.29, 0.717) is 5.92 Å². The topological polar surface area (TPSA) is 99.9 Å². The third-order valence-electron chi connectivity index (χ3n) is 4.77. The molecule has 3 rings (SSSR count). The van der Waals surface area contributed by atoms with Gasteiger partial charge in [-0.15, -0.1) is 0 Å². The van der Waals surface area contributed by atoms with Crippen molar-refractivity contribution in [2.24, 2.45) is 5.92 Å². The average Bonchev–Trinajstić information content (AvgIpc) is 3.55. The number of nitrogens with zero attached hydrogens (tertiary/aromatic N) is 1. The molecule has 148 valence electrons. The Balaban J connectivity index is 2.04. The predicted molar refractivity (Wildman–Crippen MR) is 102 cm³/mol. The molecule has 0 saturated heterocycles. The van der Waals surface area contributed by atoms with Crippen LogP contribution in [0.15, 0.2) is 36.4 Å². The summed E-state index contributed by atoms with van der Waals surface area (Å²) >= 11 is 0. The Kier molecular flexibility index (Phi) is 5.67. The van der Waals surface area contributed by atoms with Crippen LogP contribution in [0.1, 0.15) is 34.8 Å². The smallest absolute Gasteiger partial charge is 0.327 e. The zero-order chi connectivity index (χ0) is 20.3. The second kappa shape index (κ2) is 8.16. The van der Waals surface area contributed by atoms with E-state index in [1.54, 1.807) is 0 Å². The number of methoxy groups -OCH3 is 3. The van der Waals surface area contributed by atoms with Crippen molar-refractivity contribution in [2.75, 3.05) is 21.3 Å². The van der Waals surface area contributed by atoms with Gasteiger partial charge in [-0.25, -0.2) is 0 Å². The number of carbonyl (C=O) groups excluding carboxylic acids is 1. The molecule has 0 bridgehead atoms. The van der Waals surface area contributed by atoms with E-state index in [9.17, 15) is 14.9 Å². The van der Waals surface area contributed by atoms with Crippen LogP contribution >= 0.6 is 0 Å². The van der Waals surface area contributed by atoms with E-state index in [0.717, 1.165) is 18.4 Å². The molecule has 2 aromatic rings. The lowest BCUT2D eigenvalue weighted by atomic mass is 10.0. The summed E-state index contributed by atoms with van der Waals surface area (Å²) in [6.07, 6.45) is 1.99. The average molecular weight is 386 g/mol. The molecule has 0 aliphatic heterocycles. The van der Waals surface area contributed by atoms with E-state index in [-0.39, 0.29) is 28.9 Å². The zero-order valence-electron chi connectivity index (χ0n) is 15.9. The SMILES string of the molecule is COc1cc(C(=O)NC(c2ccccc2)C2CC2)c([N+](=O)[O-])c(OC)c1OC. The number of rotatable bonds is 8. The number of nitro groups is 1. The van der Waals surface area contributed by atoms with Crippen molar-refractivity contribution in [3.63, 3.8) is 0 Å². The van der Waals surface area contributed by atoms with E-state index in [1.165, 1.54) is 27.4 Å². The summed E-state index contributed by atoms with van der Waals surface area (Å²) in [5, 5.41) is 14.7. The lowest BCUT2D eigenvalue weighted by molar-refractivity contribution is -0.386. The summed E-state index contributed by atoms with van der Waals surface area (Å²) < 4.78 is 15.6. The third kappa shape index (κ3) is 3.71. The molecule has 8 nitrogen and oxygen atoms in total. The number of benzene rings is 2. The van der Waals surface area contributed by atoms with Gasteiger partial charge in [0.2, 0.25) is 11.5 Å². The van der Waals surface area contributed by atoms with Crippen LogP contribution in [0, 0.1) is 16.0 Å². The summed E-state index contributed by atoms with van der Waals surface area (Å²) in [7, 11) is 4.02. The van der Waals surface area contributed by atoms with Crippen molar-refractivity contribution in [2.45, 2.75) is 18.9 Å². The molecule has 1 fully saturated rings. The van der Waals surface area contributed by atoms with Gasteiger partial charge in [-0.3, -0.25) is 14.9 Å². The van der Waals surface area contributed by atoms with Crippen molar-refractivity contribution in [3.05, 3.63) is 57.6 Å². The predicted octanol–water partition coefficient (Wildman–Crippen LogP) is 3.50. The number of hydrogen-bond acceptors (Lipinski definition) is 6. The highest BCUT2D eigenvalue weighted by Gasteiger charge is 2.37. The van der Waals surface area contributed by atoms with Crippen LogP contribution in [0.25, 0.3) is 0 Å². The molecule has 1 atom stereocenters. The maximum absolute atomic E-state index is 13.1. The van der Waals surface area contributed by atoms with Gasteiger partial charge in [-0.05, 0) is 24.3 Å². The summed E-state index contributed by atoms with van der Waals surface area (Å²) in [6, 6.07) is 10.7. The van der Waals surface area contributed by atoms with Gasteiger partial charge in [0.25, 0.3) is 5.91 Å². The number of carbonyl (C=O) groups is 1. The van der Waals surface area contributed by atoms with Crippen LogP contribution < -0.4 is 19.5 Å². The molecule has 0 spiro atoms. The van der Waals surface area contributed by atoms with E-state index in [1.807, 2.05) is 30.3 Å². The van der Waals surface area contributed by atoms with Gasteiger partial charge in [-0.2, -0.15) is 0 Å². The van der Waals surface area contributed by atoms with E-state index in [4.69, 9.17) is 14.2 Å². The van der Waals surface area contributed by atoms with E-state index in [2.05, 4.69) is 5.32 Å². The second-order valence-corrected chi connectivity index (χ2v) is 6.50. The molecular formula is C20H22N2O6. The number of nitrogens with one attached hydrogen (secondary N) is 1. The minimum absolute atomic E-state index is 0.0649. The monoisotopic (exact) mass is 386 g/mol. The summed E-state index contributed by atoms with van der Waals surface area (Å²) in [4.78, 5) is 24.1. The normalized spacial score (nSPS) is 14.1. The first kappa shape index (κ1) is 19.5.